The number of hydrogen-bond donors (Lipinski definition) is 3. The van der Waals surface area contributed by atoms with Crippen LogP contribution in [0, 0.1) is 0 Å². The summed E-state index contributed by atoms with van der Waals surface area (Å²) in [5.74, 6) is 1.25. The largest absolute Gasteiger partial charge is 0.355 e. The van der Waals surface area contributed by atoms with Crippen LogP contribution in [0.3, 0.4) is 0 Å². The number of carbonyl (C=O) groups excluding carboxylic acids is 1. The Morgan fingerprint density at radius 2 is 1.75 bits per heavy atom. The summed E-state index contributed by atoms with van der Waals surface area (Å²) in [4.78, 5) is 24.4. The van der Waals surface area contributed by atoms with Gasteiger partial charge in [0.05, 0.1) is 11.0 Å². The number of halogens is 1. The molecule has 1 amide bonds. The highest BCUT2D eigenvalue weighted by Crippen LogP contribution is 2.25. The second kappa shape index (κ2) is 7.69. The summed E-state index contributed by atoms with van der Waals surface area (Å²) < 4.78 is 1.02. The average molecular weight is 437 g/mol. The molecule has 0 bridgehead atoms. The van der Waals surface area contributed by atoms with E-state index in [-0.39, 0.29) is 0 Å². The molecule has 0 atom stereocenters. The minimum absolute atomic E-state index is 0.573. The fourth-order valence-corrected chi connectivity index (χ4v) is 2.99. The van der Waals surface area contributed by atoms with Crippen LogP contribution in [-0.4, -0.2) is 28.4 Å². The maximum absolute atomic E-state index is 10.9. The fourth-order valence-electron chi connectivity index (χ4n) is 2.73. The number of nitrogens with one attached hydrogen (secondary N) is 3. The molecule has 0 saturated carbocycles. The number of fused-ring (bicyclic) bond motifs is 1. The Morgan fingerprint density at radius 3 is 2.54 bits per heavy atom. The lowest BCUT2D eigenvalue weighted by atomic mass is 10.2. The van der Waals surface area contributed by atoms with E-state index in [1.807, 2.05) is 54.6 Å². The number of hydrogen-bond acceptors (Lipinski definition) is 5. The molecular formula is C20H17BrN6O. The summed E-state index contributed by atoms with van der Waals surface area (Å²) in [6, 6.07) is 17.4. The summed E-state index contributed by atoms with van der Waals surface area (Å²) in [6.07, 6.45) is 2.38. The Balaban J connectivity index is 1.55. The lowest BCUT2D eigenvalue weighted by Crippen LogP contribution is -2.15. The van der Waals surface area contributed by atoms with Gasteiger partial charge in [-0.05, 0) is 48.5 Å². The number of aromatic amines is 1. The zero-order valence-electron chi connectivity index (χ0n) is 15.0. The third kappa shape index (κ3) is 3.96. The number of benzene rings is 2. The van der Waals surface area contributed by atoms with Gasteiger partial charge in [0.2, 0.25) is 12.4 Å². The lowest BCUT2D eigenvalue weighted by molar-refractivity contribution is -0.107. The molecule has 28 heavy (non-hydrogen) atoms. The SMILES string of the molecule is CN(C=O)c1cc(Nc2ccc3nc(Nc4ccc(Br)cc4)[nH]c3c2)ccn1. The molecule has 2 heterocycles. The van der Waals surface area contributed by atoms with E-state index in [0.717, 1.165) is 39.0 Å². The monoisotopic (exact) mass is 436 g/mol. The van der Waals surface area contributed by atoms with Gasteiger partial charge in [0, 0.05) is 40.8 Å². The van der Waals surface area contributed by atoms with Gasteiger partial charge in [-0.2, -0.15) is 0 Å². The van der Waals surface area contributed by atoms with E-state index in [2.05, 4.69) is 41.5 Å². The number of aromatic nitrogens is 3. The van der Waals surface area contributed by atoms with E-state index in [1.165, 1.54) is 4.90 Å². The molecule has 2 aromatic carbocycles. The quantitative estimate of drug-likeness (QED) is 0.378. The molecule has 0 aliphatic carbocycles. The number of rotatable bonds is 6. The second-order valence-electron chi connectivity index (χ2n) is 6.19. The number of pyridine rings is 1. The topological polar surface area (TPSA) is 85.9 Å². The molecule has 0 aliphatic rings. The Labute approximate surface area is 169 Å². The van der Waals surface area contributed by atoms with Gasteiger partial charge in [-0.3, -0.25) is 4.79 Å². The molecule has 8 heteroatoms. The lowest BCUT2D eigenvalue weighted by Gasteiger charge is -2.12. The van der Waals surface area contributed by atoms with Crippen molar-refractivity contribution in [3.05, 3.63) is 65.3 Å². The van der Waals surface area contributed by atoms with E-state index in [0.29, 0.717) is 11.8 Å². The first-order valence-electron chi connectivity index (χ1n) is 8.54. The average Bonchev–Trinajstić information content (AvgIpc) is 3.11. The molecule has 0 unspecified atom stereocenters. The van der Waals surface area contributed by atoms with E-state index < -0.39 is 0 Å². The van der Waals surface area contributed by atoms with Crippen molar-refractivity contribution in [2.75, 3.05) is 22.6 Å². The van der Waals surface area contributed by atoms with Crippen LogP contribution >= 0.6 is 15.9 Å². The van der Waals surface area contributed by atoms with E-state index in [1.54, 1.807) is 13.2 Å². The van der Waals surface area contributed by atoms with E-state index >= 15 is 0 Å². The molecule has 0 spiro atoms. The zero-order chi connectivity index (χ0) is 19.5. The first-order chi connectivity index (χ1) is 13.6. The van der Waals surface area contributed by atoms with Crippen molar-refractivity contribution >= 4 is 62.2 Å². The van der Waals surface area contributed by atoms with Crippen LogP contribution in [0.2, 0.25) is 0 Å². The van der Waals surface area contributed by atoms with Gasteiger partial charge >= 0.3 is 0 Å². The van der Waals surface area contributed by atoms with Gasteiger partial charge < -0.3 is 20.5 Å². The third-order valence-corrected chi connectivity index (χ3v) is 4.67. The van der Waals surface area contributed by atoms with Crippen molar-refractivity contribution in [1.82, 2.24) is 15.0 Å². The number of amides is 1. The smallest absolute Gasteiger partial charge is 0.215 e. The first-order valence-corrected chi connectivity index (χ1v) is 9.33. The zero-order valence-corrected chi connectivity index (χ0v) is 16.6. The molecule has 3 N–H and O–H groups in total. The van der Waals surface area contributed by atoms with Crippen molar-refractivity contribution in [2.45, 2.75) is 0 Å². The first kappa shape index (κ1) is 18.0. The minimum Gasteiger partial charge on any atom is -0.355 e. The Bertz CT molecular complexity index is 1130. The number of imidazole rings is 1. The maximum atomic E-state index is 10.9. The summed E-state index contributed by atoms with van der Waals surface area (Å²) in [7, 11) is 1.66. The van der Waals surface area contributed by atoms with Gasteiger partial charge in [0.1, 0.15) is 5.82 Å². The predicted octanol–water partition coefficient (Wildman–Crippen LogP) is 4.80. The van der Waals surface area contributed by atoms with E-state index in [4.69, 9.17) is 0 Å². The summed E-state index contributed by atoms with van der Waals surface area (Å²) in [5.41, 5.74) is 4.46. The van der Waals surface area contributed by atoms with Crippen LogP contribution in [-0.2, 0) is 4.79 Å². The van der Waals surface area contributed by atoms with Gasteiger partial charge in [0.15, 0.2) is 0 Å². The molecule has 140 valence electrons. The molecule has 0 fully saturated rings. The second-order valence-corrected chi connectivity index (χ2v) is 7.11. The third-order valence-electron chi connectivity index (χ3n) is 4.14. The van der Waals surface area contributed by atoms with Crippen LogP contribution < -0.4 is 15.5 Å². The van der Waals surface area contributed by atoms with Gasteiger partial charge in [0.25, 0.3) is 0 Å². The van der Waals surface area contributed by atoms with Crippen LogP contribution in [0.4, 0.5) is 28.8 Å². The highest BCUT2D eigenvalue weighted by atomic mass is 79.9. The maximum Gasteiger partial charge on any atom is 0.215 e. The Morgan fingerprint density at radius 1 is 1.00 bits per heavy atom. The van der Waals surface area contributed by atoms with Crippen molar-refractivity contribution < 1.29 is 4.79 Å². The number of nitrogens with zero attached hydrogens (tertiary/aromatic N) is 3. The predicted molar refractivity (Wildman–Crippen MR) is 116 cm³/mol. The van der Waals surface area contributed by atoms with Crippen molar-refractivity contribution in [1.29, 1.82) is 0 Å². The number of H-pyrrole nitrogens is 1. The van der Waals surface area contributed by atoms with Crippen LogP contribution in [0.5, 0.6) is 0 Å². The molecule has 0 saturated heterocycles. The molecular weight excluding hydrogens is 420 g/mol. The minimum atomic E-state index is 0.573. The van der Waals surface area contributed by atoms with Gasteiger partial charge in [-0.15, -0.1) is 0 Å². The summed E-state index contributed by atoms with van der Waals surface area (Å²) in [5, 5.41) is 6.59. The summed E-state index contributed by atoms with van der Waals surface area (Å²) >= 11 is 3.43. The van der Waals surface area contributed by atoms with Gasteiger partial charge in [-0.1, -0.05) is 15.9 Å². The van der Waals surface area contributed by atoms with E-state index in [9.17, 15) is 4.79 Å². The molecule has 4 aromatic rings. The molecule has 2 aromatic heterocycles. The number of carbonyl (C=O) groups is 1. The number of anilines is 5. The highest BCUT2D eigenvalue weighted by Gasteiger charge is 2.06. The Hall–Kier alpha value is -3.39. The fraction of sp³-hybridized carbons (Fsp3) is 0.0500. The molecule has 7 nitrogen and oxygen atoms in total. The van der Waals surface area contributed by atoms with Crippen LogP contribution in [0.15, 0.2) is 65.3 Å². The Kier molecular flexibility index (Phi) is 4.94. The standard InChI is InChI=1S/C20H17BrN6O/c1-27(12-28)19-11-16(8-9-22-19)23-15-6-7-17-18(10-15)26-20(25-17)24-14-4-2-13(21)3-5-14/h2-12H,1H3,(H,22,23)(H2,24,25,26). The van der Waals surface area contributed by atoms with Crippen molar-refractivity contribution in [3.63, 3.8) is 0 Å². The van der Waals surface area contributed by atoms with Crippen LogP contribution in [0.1, 0.15) is 0 Å². The molecule has 4 rings (SSSR count). The molecule has 0 aliphatic heterocycles. The van der Waals surface area contributed by atoms with Crippen molar-refractivity contribution in [2.24, 2.45) is 0 Å². The van der Waals surface area contributed by atoms with Gasteiger partial charge in [-0.25, -0.2) is 9.97 Å². The van der Waals surface area contributed by atoms with Crippen molar-refractivity contribution in [3.8, 4) is 0 Å². The normalized spacial score (nSPS) is 10.6. The molecule has 0 radical (unpaired) electrons. The van der Waals surface area contributed by atoms with Crippen LogP contribution in [0.25, 0.3) is 11.0 Å². The highest BCUT2D eigenvalue weighted by molar-refractivity contribution is 9.10. The summed E-state index contributed by atoms with van der Waals surface area (Å²) in [6.45, 7) is 0.